The lowest BCUT2D eigenvalue weighted by atomic mass is 9.95. The van der Waals surface area contributed by atoms with Gasteiger partial charge in [-0.2, -0.15) is 0 Å². The Bertz CT molecular complexity index is 452. The van der Waals surface area contributed by atoms with Crippen molar-refractivity contribution in [3.05, 3.63) is 29.6 Å². The number of nitrogens with zero attached hydrogens (tertiary/aromatic N) is 2. The fourth-order valence-electron chi connectivity index (χ4n) is 1.93. The average Bonchev–Trinajstić information content (AvgIpc) is 2.25. The van der Waals surface area contributed by atoms with E-state index in [0.29, 0.717) is 5.69 Å². The fourth-order valence-corrected chi connectivity index (χ4v) is 1.93. The summed E-state index contributed by atoms with van der Waals surface area (Å²) < 4.78 is 13.8. The summed E-state index contributed by atoms with van der Waals surface area (Å²) >= 11 is 0. The summed E-state index contributed by atoms with van der Waals surface area (Å²) in [6.45, 7) is 6.99. The summed E-state index contributed by atoms with van der Waals surface area (Å²) in [5.74, 6) is -0.715. The number of hydrogen-bond acceptors (Lipinski definition) is 3. The van der Waals surface area contributed by atoms with Gasteiger partial charge in [0.15, 0.2) is 5.84 Å². The van der Waals surface area contributed by atoms with E-state index in [1.54, 1.807) is 12.1 Å². The maximum Gasteiger partial charge on any atom is 0.175 e. The molecule has 3 N–H and O–H groups in total. The number of rotatable bonds is 3. The monoisotopic (exact) mass is 253 g/mol. The number of hydrogen-bond donors (Lipinski definition) is 2. The van der Waals surface area contributed by atoms with E-state index in [2.05, 4.69) is 25.9 Å². The summed E-state index contributed by atoms with van der Waals surface area (Å²) in [5.41, 5.74) is 6.33. The van der Waals surface area contributed by atoms with Crippen LogP contribution in [0, 0.1) is 11.2 Å². The lowest BCUT2D eigenvalue weighted by molar-refractivity contribution is 0.318. The number of nitrogens with two attached hydrogens (primary N) is 1. The minimum Gasteiger partial charge on any atom is -0.409 e. The van der Waals surface area contributed by atoms with Gasteiger partial charge in [-0.1, -0.05) is 32.0 Å². The second kappa shape index (κ2) is 5.25. The molecule has 0 aromatic heterocycles. The van der Waals surface area contributed by atoms with E-state index < -0.39 is 5.82 Å². The Kier molecular flexibility index (Phi) is 4.16. The Morgan fingerprint density at radius 3 is 2.56 bits per heavy atom. The maximum atomic E-state index is 13.8. The molecule has 0 aliphatic carbocycles. The minimum absolute atomic E-state index is 0.0590. The van der Waals surface area contributed by atoms with E-state index in [9.17, 15) is 4.39 Å². The van der Waals surface area contributed by atoms with Crippen LogP contribution in [0.4, 0.5) is 10.1 Å². The molecule has 0 bridgehead atoms. The summed E-state index contributed by atoms with van der Waals surface area (Å²) in [7, 11) is 1.86. The van der Waals surface area contributed by atoms with Crippen molar-refractivity contribution in [3.8, 4) is 0 Å². The number of amidine groups is 1. The second-order valence-electron chi connectivity index (χ2n) is 5.54. The van der Waals surface area contributed by atoms with Gasteiger partial charge in [0.05, 0.1) is 11.3 Å². The van der Waals surface area contributed by atoms with Gasteiger partial charge in [0.1, 0.15) is 5.82 Å². The first-order chi connectivity index (χ1) is 8.26. The zero-order valence-corrected chi connectivity index (χ0v) is 11.2. The van der Waals surface area contributed by atoms with Crippen LogP contribution < -0.4 is 10.6 Å². The normalized spacial score (nSPS) is 12.6. The summed E-state index contributed by atoms with van der Waals surface area (Å²) in [5, 5.41) is 11.6. The van der Waals surface area contributed by atoms with Gasteiger partial charge < -0.3 is 15.8 Å². The van der Waals surface area contributed by atoms with E-state index >= 15 is 0 Å². The van der Waals surface area contributed by atoms with E-state index in [1.807, 2.05) is 11.9 Å². The van der Waals surface area contributed by atoms with Gasteiger partial charge in [0.25, 0.3) is 0 Å². The molecule has 0 spiro atoms. The van der Waals surface area contributed by atoms with Crippen LogP contribution in [0.25, 0.3) is 0 Å². The molecule has 18 heavy (non-hydrogen) atoms. The van der Waals surface area contributed by atoms with Crippen molar-refractivity contribution < 1.29 is 9.60 Å². The van der Waals surface area contributed by atoms with Crippen LogP contribution >= 0.6 is 0 Å². The first-order valence-corrected chi connectivity index (χ1v) is 5.74. The lowest BCUT2D eigenvalue weighted by Crippen LogP contribution is -2.31. The van der Waals surface area contributed by atoms with Gasteiger partial charge >= 0.3 is 0 Å². The Morgan fingerprint density at radius 2 is 2.06 bits per heavy atom. The molecule has 0 aliphatic heterocycles. The van der Waals surface area contributed by atoms with Gasteiger partial charge in [-0.05, 0) is 17.5 Å². The average molecular weight is 253 g/mol. The molecule has 0 saturated heterocycles. The lowest BCUT2D eigenvalue weighted by Gasteiger charge is -2.29. The van der Waals surface area contributed by atoms with Crippen LogP contribution in [0.5, 0.6) is 0 Å². The van der Waals surface area contributed by atoms with Crippen molar-refractivity contribution in [2.45, 2.75) is 20.8 Å². The molecule has 1 rings (SSSR count). The van der Waals surface area contributed by atoms with Crippen LogP contribution in [-0.2, 0) is 0 Å². The third-order valence-corrected chi connectivity index (χ3v) is 2.48. The third-order valence-electron chi connectivity index (χ3n) is 2.48. The van der Waals surface area contributed by atoms with Gasteiger partial charge in [0.2, 0.25) is 0 Å². The summed E-state index contributed by atoms with van der Waals surface area (Å²) in [6, 6.07) is 4.65. The SMILES string of the molecule is CN(CC(C)(C)C)c1cccc(F)c1C(N)=NO. The molecular weight excluding hydrogens is 233 g/mol. The van der Waals surface area contributed by atoms with Crippen molar-refractivity contribution in [1.82, 2.24) is 0 Å². The van der Waals surface area contributed by atoms with Gasteiger partial charge in [-0.3, -0.25) is 0 Å². The van der Waals surface area contributed by atoms with E-state index in [-0.39, 0.29) is 16.8 Å². The molecule has 4 nitrogen and oxygen atoms in total. The summed E-state index contributed by atoms with van der Waals surface area (Å²) in [6.07, 6.45) is 0. The number of benzene rings is 1. The molecule has 1 aromatic rings. The van der Waals surface area contributed by atoms with Crippen molar-refractivity contribution >= 4 is 11.5 Å². The highest BCUT2D eigenvalue weighted by Crippen LogP contribution is 2.25. The second-order valence-corrected chi connectivity index (χ2v) is 5.54. The van der Waals surface area contributed by atoms with Gasteiger partial charge in [-0.25, -0.2) is 4.39 Å². The predicted molar refractivity (Wildman–Crippen MR) is 71.6 cm³/mol. The molecule has 0 amide bonds. The van der Waals surface area contributed by atoms with Crippen LogP contribution in [-0.4, -0.2) is 24.6 Å². The minimum atomic E-state index is -0.497. The molecule has 0 aliphatic rings. The standard InChI is InChI=1S/C13H20FN3O/c1-13(2,3)8-17(4)10-7-5-6-9(14)11(10)12(15)16-18/h5-7,18H,8H2,1-4H3,(H2,15,16). The third kappa shape index (κ3) is 3.35. The van der Waals surface area contributed by atoms with Crippen molar-refractivity contribution in [1.29, 1.82) is 0 Å². The largest absolute Gasteiger partial charge is 0.409 e. The number of halogens is 1. The highest BCUT2D eigenvalue weighted by atomic mass is 19.1. The molecule has 0 radical (unpaired) electrons. The highest BCUT2D eigenvalue weighted by molar-refractivity contribution is 6.02. The van der Waals surface area contributed by atoms with Gasteiger partial charge in [0, 0.05) is 13.6 Å². The van der Waals surface area contributed by atoms with E-state index in [0.717, 1.165) is 6.54 Å². The molecule has 0 unspecified atom stereocenters. The van der Waals surface area contributed by atoms with Crippen LogP contribution in [0.3, 0.4) is 0 Å². The predicted octanol–water partition coefficient (Wildman–Crippen LogP) is 2.40. The highest BCUT2D eigenvalue weighted by Gasteiger charge is 2.19. The zero-order chi connectivity index (χ0) is 13.9. The van der Waals surface area contributed by atoms with E-state index in [1.165, 1.54) is 6.07 Å². The fraction of sp³-hybridized carbons (Fsp3) is 0.462. The smallest absolute Gasteiger partial charge is 0.175 e. The van der Waals surface area contributed by atoms with Crippen molar-refractivity contribution in [2.24, 2.45) is 16.3 Å². The molecule has 100 valence electrons. The Balaban J connectivity index is 3.20. The Labute approximate surface area is 107 Å². The summed E-state index contributed by atoms with van der Waals surface area (Å²) in [4.78, 5) is 1.90. The molecule has 5 heteroatoms. The van der Waals surface area contributed by atoms with Crippen LogP contribution in [0.2, 0.25) is 0 Å². The molecule has 0 atom stereocenters. The maximum absolute atomic E-state index is 13.8. The van der Waals surface area contributed by atoms with E-state index in [4.69, 9.17) is 10.9 Å². The molecule has 0 saturated carbocycles. The molecule has 1 aromatic carbocycles. The first-order valence-electron chi connectivity index (χ1n) is 5.74. The Hall–Kier alpha value is -1.78. The van der Waals surface area contributed by atoms with Gasteiger partial charge in [-0.15, -0.1) is 0 Å². The molecule has 0 heterocycles. The first kappa shape index (κ1) is 14.3. The number of anilines is 1. The van der Waals surface area contributed by atoms with Crippen molar-refractivity contribution in [3.63, 3.8) is 0 Å². The molecular formula is C13H20FN3O. The number of oxime groups is 1. The van der Waals surface area contributed by atoms with Crippen molar-refractivity contribution in [2.75, 3.05) is 18.5 Å². The van der Waals surface area contributed by atoms with Crippen LogP contribution in [0.15, 0.2) is 23.4 Å². The molecule has 0 fully saturated rings. The quantitative estimate of drug-likeness (QED) is 0.376. The Morgan fingerprint density at radius 1 is 1.44 bits per heavy atom. The zero-order valence-electron chi connectivity index (χ0n) is 11.2. The topological polar surface area (TPSA) is 61.8 Å². The van der Waals surface area contributed by atoms with Crippen LogP contribution in [0.1, 0.15) is 26.3 Å².